The van der Waals surface area contributed by atoms with Crippen LogP contribution in [-0.4, -0.2) is 46.8 Å². The van der Waals surface area contributed by atoms with Crippen molar-refractivity contribution in [2.75, 3.05) is 7.11 Å². The largest absolute Gasteiger partial charge is 0.411 e. The van der Waals surface area contributed by atoms with Crippen molar-refractivity contribution in [3.63, 3.8) is 0 Å². The van der Waals surface area contributed by atoms with Crippen molar-refractivity contribution in [3.05, 3.63) is 12.7 Å². The van der Waals surface area contributed by atoms with E-state index in [-0.39, 0.29) is 23.1 Å². The lowest BCUT2D eigenvalue weighted by Crippen LogP contribution is -2.09. The molecule has 0 fully saturated rings. The first-order chi connectivity index (χ1) is 5.26. The average Bonchev–Trinajstić information content (AvgIpc) is 2.00. The molecule has 2 radical (unpaired) electrons. The van der Waals surface area contributed by atoms with E-state index in [0.29, 0.717) is 17.8 Å². The van der Waals surface area contributed by atoms with Crippen molar-refractivity contribution in [2.24, 2.45) is 10.3 Å². The normalized spacial score (nSPS) is 11.8. The second-order valence-corrected chi connectivity index (χ2v) is 1.90. The van der Waals surface area contributed by atoms with Gasteiger partial charge in [0.2, 0.25) is 0 Å². The minimum absolute atomic E-state index is 0. The summed E-state index contributed by atoms with van der Waals surface area (Å²) >= 11 is 0. The van der Waals surface area contributed by atoms with E-state index < -0.39 is 0 Å². The first kappa shape index (κ1) is 14.0. The molecule has 5 heteroatoms. The standard InChI is InChI=1S/C7H12N2O2.Mg/c1-4-5-7(8-10)6(2)9-11-3;/h4,10H,1,5H2,2-3H3;. The molecule has 1 N–H and O–H groups in total. The van der Waals surface area contributed by atoms with E-state index in [2.05, 4.69) is 21.7 Å². The van der Waals surface area contributed by atoms with Gasteiger partial charge in [-0.15, -0.1) is 6.58 Å². The second-order valence-electron chi connectivity index (χ2n) is 1.90. The molecule has 0 aromatic rings. The molecule has 64 valence electrons. The van der Waals surface area contributed by atoms with Crippen LogP contribution in [0.3, 0.4) is 0 Å². The number of allylic oxidation sites excluding steroid dienone is 1. The molecule has 12 heavy (non-hydrogen) atoms. The molecule has 0 unspecified atom stereocenters. The molecule has 0 aliphatic heterocycles. The third-order valence-electron chi connectivity index (χ3n) is 1.10. The smallest absolute Gasteiger partial charge is 0.108 e. The number of oxime groups is 2. The predicted molar refractivity (Wildman–Crippen MR) is 49.9 cm³/mol. The van der Waals surface area contributed by atoms with Gasteiger partial charge >= 0.3 is 0 Å². The summed E-state index contributed by atoms with van der Waals surface area (Å²) in [5, 5.41) is 15.1. The molecule has 0 aliphatic rings. The maximum absolute atomic E-state index is 8.46. The Morgan fingerprint density at radius 3 is 2.58 bits per heavy atom. The van der Waals surface area contributed by atoms with Gasteiger partial charge in [0.15, 0.2) is 0 Å². The van der Waals surface area contributed by atoms with Gasteiger partial charge < -0.3 is 10.0 Å². The highest BCUT2D eigenvalue weighted by atomic mass is 24.3. The van der Waals surface area contributed by atoms with E-state index in [1.54, 1.807) is 13.0 Å². The molecule has 0 aliphatic carbocycles. The number of hydrogen-bond acceptors (Lipinski definition) is 4. The van der Waals surface area contributed by atoms with Gasteiger partial charge in [0.25, 0.3) is 0 Å². The van der Waals surface area contributed by atoms with Crippen LogP contribution < -0.4 is 0 Å². The van der Waals surface area contributed by atoms with Gasteiger partial charge in [0, 0.05) is 29.5 Å². The molecule has 0 amide bonds. The van der Waals surface area contributed by atoms with Crippen LogP contribution in [0.15, 0.2) is 23.0 Å². The van der Waals surface area contributed by atoms with E-state index in [1.807, 2.05) is 0 Å². The van der Waals surface area contributed by atoms with Gasteiger partial charge in [0.05, 0.1) is 0 Å². The molecule has 0 atom stereocenters. The van der Waals surface area contributed by atoms with Crippen LogP contribution in [0.25, 0.3) is 0 Å². The van der Waals surface area contributed by atoms with Gasteiger partial charge in [0.1, 0.15) is 18.5 Å². The molecule has 0 bridgehead atoms. The van der Waals surface area contributed by atoms with Gasteiger partial charge in [-0.1, -0.05) is 16.4 Å². The molecule has 0 aromatic heterocycles. The van der Waals surface area contributed by atoms with Crippen molar-refractivity contribution in [1.82, 2.24) is 0 Å². The summed E-state index contributed by atoms with van der Waals surface area (Å²) in [6, 6.07) is 0. The van der Waals surface area contributed by atoms with E-state index in [1.165, 1.54) is 7.11 Å². The average molecular weight is 180 g/mol. The summed E-state index contributed by atoms with van der Waals surface area (Å²) in [5.41, 5.74) is 1.01. The Morgan fingerprint density at radius 2 is 2.25 bits per heavy atom. The van der Waals surface area contributed by atoms with Crippen molar-refractivity contribution in [3.8, 4) is 0 Å². The number of nitrogens with zero attached hydrogens (tertiary/aromatic N) is 2. The second kappa shape index (κ2) is 8.54. The van der Waals surface area contributed by atoms with Crippen LogP contribution in [0.4, 0.5) is 0 Å². The zero-order valence-electron chi connectivity index (χ0n) is 7.45. The van der Waals surface area contributed by atoms with Gasteiger partial charge in [-0.3, -0.25) is 0 Å². The summed E-state index contributed by atoms with van der Waals surface area (Å²) in [5.74, 6) is 0. The molecule has 0 aromatic carbocycles. The molecular weight excluding hydrogens is 168 g/mol. The van der Waals surface area contributed by atoms with Crippen molar-refractivity contribution in [2.45, 2.75) is 13.3 Å². The summed E-state index contributed by atoms with van der Waals surface area (Å²) < 4.78 is 0. The van der Waals surface area contributed by atoms with Crippen molar-refractivity contribution < 1.29 is 10.0 Å². The van der Waals surface area contributed by atoms with Crippen molar-refractivity contribution >= 4 is 34.5 Å². The lowest BCUT2D eigenvalue weighted by Gasteiger charge is -1.97. The Labute approximate surface area is 88.1 Å². The van der Waals surface area contributed by atoms with Gasteiger partial charge in [-0.25, -0.2) is 0 Å². The highest BCUT2D eigenvalue weighted by molar-refractivity contribution is 6.41. The summed E-state index contributed by atoms with van der Waals surface area (Å²) in [4.78, 5) is 4.49. The van der Waals surface area contributed by atoms with Crippen LogP contribution in [-0.2, 0) is 4.84 Å². The Kier molecular flexibility index (Phi) is 9.96. The Morgan fingerprint density at radius 1 is 1.67 bits per heavy atom. The summed E-state index contributed by atoms with van der Waals surface area (Å²) in [6.07, 6.45) is 2.11. The molecule has 0 rings (SSSR count). The molecular formula is C7H12MgN2O2. The summed E-state index contributed by atoms with van der Waals surface area (Å²) in [6.45, 7) is 5.20. The lowest BCUT2D eigenvalue weighted by atomic mass is 10.2. The Bertz CT molecular complexity index is 190. The third kappa shape index (κ3) is 5.14. The first-order valence-corrected chi connectivity index (χ1v) is 3.16. The van der Waals surface area contributed by atoms with Crippen LogP contribution in [0.1, 0.15) is 13.3 Å². The number of rotatable bonds is 4. The van der Waals surface area contributed by atoms with Gasteiger partial charge in [-0.2, -0.15) is 0 Å². The third-order valence-corrected chi connectivity index (χ3v) is 1.10. The predicted octanol–water partition coefficient (Wildman–Crippen LogP) is 1.03. The first-order valence-electron chi connectivity index (χ1n) is 3.16. The van der Waals surface area contributed by atoms with E-state index in [0.717, 1.165) is 0 Å². The summed E-state index contributed by atoms with van der Waals surface area (Å²) in [7, 11) is 1.44. The monoisotopic (exact) mass is 180 g/mol. The van der Waals surface area contributed by atoms with E-state index in [9.17, 15) is 0 Å². The van der Waals surface area contributed by atoms with Gasteiger partial charge in [-0.05, 0) is 6.92 Å². The minimum atomic E-state index is 0. The molecule has 4 nitrogen and oxygen atoms in total. The highest BCUT2D eigenvalue weighted by Crippen LogP contribution is 1.91. The van der Waals surface area contributed by atoms with Crippen molar-refractivity contribution in [1.29, 1.82) is 0 Å². The molecule has 0 saturated heterocycles. The topological polar surface area (TPSA) is 54.2 Å². The Hall–Kier alpha value is -0.554. The van der Waals surface area contributed by atoms with Crippen LogP contribution in [0.2, 0.25) is 0 Å². The zero-order chi connectivity index (χ0) is 8.69. The van der Waals surface area contributed by atoms with Crippen LogP contribution in [0.5, 0.6) is 0 Å². The van der Waals surface area contributed by atoms with E-state index in [4.69, 9.17) is 5.21 Å². The quantitative estimate of drug-likeness (QED) is 0.231. The highest BCUT2D eigenvalue weighted by Gasteiger charge is 2.01. The van der Waals surface area contributed by atoms with E-state index >= 15 is 0 Å². The van der Waals surface area contributed by atoms with Crippen LogP contribution >= 0.6 is 0 Å². The maximum Gasteiger partial charge on any atom is 0.108 e. The maximum atomic E-state index is 8.46. The molecule has 0 heterocycles. The minimum Gasteiger partial charge on any atom is -0.411 e. The zero-order valence-corrected chi connectivity index (χ0v) is 8.86. The fraction of sp³-hybridized carbons (Fsp3) is 0.429. The lowest BCUT2D eigenvalue weighted by molar-refractivity contribution is 0.214. The SMILES string of the molecule is C=CCC(=NO)C(C)=NOC.[Mg]. The molecule has 0 spiro atoms. The fourth-order valence-corrected chi connectivity index (χ4v) is 0.587. The number of hydrogen-bond donors (Lipinski definition) is 1. The Balaban J connectivity index is 0. The fourth-order valence-electron chi connectivity index (χ4n) is 0.587. The molecule has 0 saturated carbocycles. The van der Waals surface area contributed by atoms with Crippen LogP contribution in [0, 0.1) is 0 Å².